The first-order valence-corrected chi connectivity index (χ1v) is 7.32. The minimum atomic E-state index is 0.615. The van der Waals surface area contributed by atoms with E-state index in [2.05, 4.69) is 37.3 Å². The van der Waals surface area contributed by atoms with Gasteiger partial charge in [0.25, 0.3) is 0 Å². The maximum Gasteiger partial charge on any atom is 0.126 e. The van der Waals surface area contributed by atoms with Gasteiger partial charge in [0.05, 0.1) is 30.0 Å². The van der Waals surface area contributed by atoms with Crippen molar-refractivity contribution in [1.82, 2.24) is 15.1 Å². The number of aryl methyl sites for hydroxylation is 1. The molecule has 0 saturated heterocycles. The second-order valence-corrected chi connectivity index (χ2v) is 5.99. The van der Waals surface area contributed by atoms with E-state index >= 15 is 0 Å². The number of furan rings is 1. The molecule has 0 saturated carbocycles. The Morgan fingerprint density at radius 1 is 1.40 bits per heavy atom. The maximum absolute atomic E-state index is 6.01. The fourth-order valence-electron chi connectivity index (χ4n) is 2.05. The van der Waals surface area contributed by atoms with Crippen molar-refractivity contribution in [2.45, 2.75) is 40.8 Å². The molecule has 0 aliphatic rings. The van der Waals surface area contributed by atoms with E-state index in [1.165, 1.54) is 5.56 Å². The maximum atomic E-state index is 6.01. The van der Waals surface area contributed by atoms with Gasteiger partial charge in [0.1, 0.15) is 11.5 Å². The van der Waals surface area contributed by atoms with Gasteiger partial charge in [-0.1, -0.05) is 25.4 Å². The van der Waals surface area contributed by atoms with Crippen LogP contribution in [0.5, 0.6) is 0 Å². The molecule has 0 radical (unpaired) electrons. The van der Waals surface area contributed by atoms with Crippen LogP contribution < -0.4 is 5.32 Å². The summed E-state index contributed by atoms with van der Waals surface area (Å²) in [6, 6.07) is 2.07. The zero-order valence-electron chi connectivity index (χ0n) is 12.5. The van der Waals surface area contributed by atoms with Gasteiger partial charge >= 0.3 is 0 Å². The second-order valence-electron chi connectivity index (χ2n) is 5.58. The van der Waals surface area contributed by atoms with Gasteiger partial charge in [-0.25, -0.2) is 0 Å². The molecule has 20 heavy (non-hydrogen) atoms. The zero-order valence-corrected chi connectivity index (χ0v) is 13.3. The second kappa shape index (κ2) is 6.46. The first-order valence-electron chi connectivity index (χ1n) is 6.94. The van der Waals surface area contributed by atoms with E-state index in [0.29, 0.717) is 17.5 Å². The van der Waals surface area contributed by atoms with Crippen molar-refractivity contribution in [2.24, 2.45) is 5.92 Å². The molecule has 0 spiro atoms. The fraction of sp³-hybridized carbons (Fsp3) is 0.533. The monoisotopic (exact) mass is 295 g/mol. The molecule has 0 amide bonds. The summed E-state index contributed by atoms with van der Waals surface area (Å²) in [4.78, 5) is 0. The number of nitrogens with one attached hydrogen (secondary N) is 1. The minimum absolute atomic E-state index is 0.615. The van der Waals surface area contributed by atoms with Gasteiger partial charge in [-0.3, -0.25) is 4.68 Å². The fourth-order valence-corrected chi connectivity index (χ4v) is 2.19. The molecule has 0 atom stereocenters. The van der Waals surface area contributed by atoms with Crippen LogP contribution in [0.2, 0.25) is 5.02 Å². The van der Waals surface area contributed by atoms with Crippen LogP contribution >= 0.6 is 11.6 Å². The lowest BCUT2D eigenvalue weighted by molar-refractivity contribution is 0.419. The van der Waals surface area contributed by atoms with Gasteiger partial charge in [-0.2, -0.15) is 5.10 Å². The Morgan fingerprint density at radius 2 is 2.15 bits per heavy atom. The predicted octanol–water partition coefficient (Wildman–Crippen LogP) is 3.54. The number of hydrogen-bond donors (Lipinski definition) is 1. The third-order valence-corrected chi connectivity index (χ3v) is 3.63. The Labute approximate surface area is 125 Å². The highest BCUT2D eigenvalue weighted by molar-refractivity contribution is 6.31. The molecule has 2 rings (SSSR count). The zero-order chi connectivity index (χ0) is 14.7. The molecule has 0 aliphatic heterocycles. The summed E-state index contributed by atoms with van der Waals surface area (Å²) in [5.41, 5.74) is 2.13. The van der Waals surface area contributed by atoms with Gasteiger partial charge < -0.3 is 9.73 Å². The van der Waals surface area contributed by atoms with Crippen molar-refractivity contribution in [3.05, 3.63) is 40.1 Å². The first-order chi connectivity index (χ1) is 9.47. The molecule has 0 aliphatic carbocycles. The quantitative estimate of drug-likeness (QED) is 0.886. The van der Waals surface area contributed by atoms with E-state index in [9.17, 15) is 0 Å². The first kappa shape index (κ1) is 15.1. The number of nitrogens with zero attached hydrogens (tertiary/aromatic N) is 2. The molecule has 0 fully saturated rings. The molecular weight excluding hydrogens is 274 g/mol. The minimum Gasteiger partial charge on any atom is -0.462 e. The standard InChI is InChI=1S/C15H22ClN3O/c1-10(2)6-17-8-15-11(3)5-13(20-15)9-19-12(4)14(16)7-18-19/h5,7,10,17H,6,8-9H2,1-4H3. The topological polar surface area (TPSA) is 43.0 Å². The van der Waals surface area contributed by atoms with Gasteiger partial charge in [0, 0.05) is 0 Å². The highest BCUT2D eigenvalue weighted by Gasteiger charge is 2.10. The Bertz CT molecular complexity index is 572. The van der Waals surface area contributed by atoms with E-state index in [-0.39, 0.29) is 0 Å². The Hall–Kier alpha value is -1.26. The molecule has 2 heterocycles. The summed E-state index contributed by atoms with van der Waals surface area (Å²) in [6.07, 6.45) is 1.66. The highest BCUT2D eigenvalue weighted by atomic mass is 35.5. The Morgan fingerprint density at radius 3 is 2.75 bits per heavy atom. The lowest BCUT2D eigenvalue weighted by atomic mass is 10.2. The smallest absolute Gasteiger partial charge is 0.126 e. The van der Waals surface area contributed by atoms with Crippen LogP contribution in [-0.4, -0.2) is 16.3 Å². The van der Waals surface area contributed by atoms with E-state index in [1.807, 2.05) is 11.6 Å². The van der Waals surface area contributed by atoms with Crippen molar-refractivity contribution in [3.63, 3.8) is 0 Å². The summed E-state index contributed by atoms with van der Waals surface area (Å²) < 4.78 is 7.75. The third kappa shape index (κ3) is 3.64. The normalized spacial score (nSPS) is 11.5. The molecule has 4 nitrogen and oxygen atoms in total. The number of aromatic nitrogens is 2. The van der Waals surface area contributed by atoms with Crippen molar-refractivity contribution >= 4 is 11.6 Å². The van der Waals surface area contributed by atoms with Crippen LogP contribution in [0.3, 0.4) is 0 Å². The predicted molar refractivity (Wildman–Crippen MR) is 81.1 cm³/mol. The summed E-state index contributed by atoms with van der Waals surface area (Å²) in [7, 11) is 0. The van der Waals surface area contributed by atoms with E-state index < -0.39 is 0 Å². The molecule has 110 valence electrons. The molecule has 0 aromatic carbocycles. The van der Waals surface area contributed by atoms with Crippen molar-refractivity contribution in [1.29, 1.82) is 0 Å². The Balaban J connectivity index is 2.01. The van der Waals surface area contributed by atoms with Crippen LogP contribution in [-0.2, 0) is 13.1 Å². The number of hydrogen-bond acceptors (Lipinski definition) is 3. The number of halogens is 1. The van der Waals surface area contributed by atoms with E-state index in [0.717, 1.165) is 30.3 Å². The van der Waals surface area contributed by atoms with Crippen LogP contribution in [0.1, 0.15) is 36.6 Å². The van der Waals surface area contributed by atoms with Crippen LogP contribution in [0.15, 0.2) is 16.7 Å². The van der Waals surface area contributed by atoms with Gasteiger partial charge in [0.2, 0.25) is 0 Å². The molecule has 0 bridgehead atoms. The molecule has 0 unspecified atom stereocenters. The van der Waals surface area contributed by atoms with E-state index in [4.69, 9.17) is 16.0 Å². The summed E-state index contributed by atoms with van der Waals surface area (Å²) in [6.45, 7) is 10.8. The average Bonchev–Trinajstić information content (AvgIpc) is 2.87. The third-order valence-electron chi connectivity index (χ3n) is 3.26. The lowest BCUT2D eigenvalue weighted by Gasteiger charge is -2.06. The SMILES string of the molecule is Cc1cc(Cn2ncc(Cl)c2C)oc1CNCC(C)C. The summed E-state index contributed by atoms with van der Waals surface area (Å²) >= 11 is 6.01. The Kier molecular flexibility index (Phi) is 4.89. The average molecular weight is 296 g/mol. The van der Waals surface area contributed by atoms with Crippen LogP contribution in [0.25, 0.3) is 0 Å². The lowest BCUT2D eigenvalue weighted by Crippen LogP contribution is -2.19. The molecule has 1 N–H and O–H groups in total. The van der Waals surface area contributed by atoms with E-state index in [1.54, 1.807) is 6.20 Å². The summed E-state index contributed by atoms with van der Waals surface area (Å²) in [5.74, 6) is 2.54. The molecular formula is C15H22ClN3O. The molecule has 2 aromatic heterocycles. The van der Waals surface area contributed by atoms with Crippen molar-refractivity contribution in [3.8, 4) is 0 Å². The van der Waals surface area contributed by atoms with Crippen LogP contribution in [0, 0.1) is 19.8 Å². The van der Waals surface area contributed by atoms with Crippen molar-refractivity contribution in [2.75, 3.05) is 6.54 Å². The van der Waals surface area contributed by atoms with Gasteiger partial charge in [0.15, 0.2) is 0 Å². The largest absolute Gasteiger partial charge is 0.462 e. The molecule has 5 heteroatoms. The van der Waals surface area contributed by atoms with Gasteiger partial charge in [-0.15, -0.1) is 0 Å². The van der Waals surface area contributed by atoms with Crippen molar-refractivity contribution < 1.29 is 4.42 Å². The van der Waals surface area contributed by atoms with Crippen LogP contribution in [0.4, 0.5) is 0 Å². The molecule has 2 aromatic rings. The van der Waals surface area contributed by atoms with Gasteiger partial charge in [-0.05, 0) is 37.9 Å². The highest BCUT2D eigenvalue weighted by Crippen LogP contribution is 2.18. The summed E-state index contributed by atoms with van der Waals surface area (Å²) in [5, 5.41) is 8.33. The number of rotatable bonds is 6.